The molecular formula is C22H30N2O6. The number of amides is 2. The molecule has 1 aromatic carbocycles. The first-order valence-electron chi connectivity index (χ1n) is 10.8. The molecule has 2 saturated heterocycles. The molecule has 0 radical (unpaired) electrons. The number of piperazine rings is 1. The molecule has 2 heterocycles. The lowest BCUT2D eigenvalue weighted by molar-refractivity contribution is -0.254. The summed E-state index contributed by atoms with van der Waals surface area (Å²) in [5.74, 6) is -0.245. The summed E-state index contributed by atoms with van der Waals surface area (Å²) in [6, 6.07) is 7.49. The molecule has 1 aromatic rings. The maximum Gasteiger partial charge on any atom is 0.272 e. The molecule has 1 aliphatic carbocycles. The van der Waals surface area contributed by atoms with E-state index in [4.69, 9.17) is 14.2 Å². The van der Waals surface area contributed by atoms with Crippen LogP contribution in [0.4, 0.5) is 0 Å². The van der Waals surface area contributed by atoms with Crippen LogP contribution < -0.4 is 0 Å². The van der Waals surface area contributed by atoms with Gasteiger partial charge >= 0.3 is 0 Å². The molecule has 4 rings (SSSR count). The van der Waals surface area contributed by atoms with Gasteiger partial charge in [0.25, 0.3) is 18.3 Å². The Labute approximate surface area is 176 Å². The molecule has 8 nitrogen and oxygen atoms in total. The van der Waals surface area contributed by atoms with E-state index >= 15 is 0 Å². The molecule has 8 heteroatoms. The molecule has 1 N–H and O–H groups in total. The Morgan fingerprint density at radius 1 is 1.10 bits per heavy atom. The molecule has 1 saturated carbocycles. The van der Waals surface area contributed by atoms with Gasteiger partial charge in [0.15, 0.2) is 0 Å². The summed E-state index contributed by atoms with van der Waals surface area (Å²) in [7, 11) is 0. The quantitative estimate of drug-likeness (QED) is 0.725. The highest BCUT2D eigenvalue weighted by Crippen LogP contribution is 2.37. The first-order chi connectivity index (χ1) is 14.5. The van der Waals surface area contributed by atoms with Crippen LogP contribution in [-0.4, -0.2) is 78.2 Å². The van der Waals surface area contributed by atoms with Crippen LogP contribution in [0, 0.1) is 0 Å². The van der Waals surface area contributed by atoms with E-state index in [1.54, 1.807) is 9.80 Å². The van der Waals surface area contributed by atoms with E-state index in [0.717, 1.165) is 18.4 Å². The maximum atomic E-state index is 12.9. The molecular weight excluding hydrogens is 388 g/mol. The smallest absolute Gasteiger partial charge is 0.272 e. The van der Waals surface area contributed by atoms with Gasteiger partial charge in [-0.1, -0.05) is 25.5 Å². The van der Waals surface area contributed by atoms with Gasteiger partial charge in [-0.05, 0) is 37.0 Å². The maximum absolute atomic E-state index is 12.9. The number of benzene rings is 1. The Morgan fingerprint density at radius 2 is 1.70 bits per heavy atom. The van der Waals surface area contributed by atoms with Crippen molar-refractivity contribution in [2.45, 2.75) is 50.8 Å². The summed E-state index contributed by atoms with van der Waals surface area (Å²) in [5.41, 5.74) is 0.455. The van der Waals surface area contributed by atoms with Gasteiger partial charge in [0.05, 0.1) is 19.3 Å². The molecule has 164 valence electrons. The molecule has 1 unspecified atom stereocenters. The zero-order valence-corrected chi connectivity index (χ0v) is 17.4. The van der Waals surface area contributed by atoms with Gasteiger partial charge in [0.1, 0.15) is 5.60 Å². The molecule has 2 amide bonds. The highest BCUT2D eigenvalue weighted by atomic mass is 16.9. The van der Waals surface area contributed by atoms with E-state index in [1.165, 1.54) is 0 Å². The van der Waals surface area contributed by atoms with Crippen molar-refractivity contribution in [3.05, 3.63) is 35.4 Å². The molecule has 2 aliphatic heterocycles. The summed E-state index contributed by atoms with van der Waals surface area (Å²) < 4.78 is 16.7. The van der Waals surface area contributed by atoms with Crippen molar-refractivity contribution in [3.63, 3.8) is 0 Å². The Kier molecular flexibility index (Phi) is 6.38. The van der Waals surface area contributed by atoms with E-state index in [2.05, 4.69) is 6.92 Å². The number of carbonyl (C=O) groups is 2. The highest BCUT2D eigenvalue weighted by molar-refractivity contribution is 5.94. The third kappa shape index (κ3) is 4.67. The second-order valence-electron chi connectivity index (χ2n) is 8.18. The SMILES string of the molecule is CCCC(OC1OCCO1)c1ccc(C(=O)N2CCN(C(=O)C3(O)CC3)CC2)cc1. The number of aliphatic hydroxyl groups is 1. The van der Waals surface area contributed by atoms with Crippen molar-refractivity contribution in [1.29, 1.82) is 0 Å². The Balaban J connectivity index is 1.34. The second-order valence-corrected chi connectivity index (χ2v) is 8.18. The number of hydrogen-bond donors (Lipinski definition) is 1. The fourth-order valence-corrected chi connectivity index (χ4v) is 3.89. The first-order valence-corrected chi connectivity index (χ1v) is 10.8. The fourth-order valence-electron chi connectivity index (χ4n) is 3.89. The molecule has 0 aromatic heterocycles. The zero-order chi connectivity index (χ0) is 21.1. The van der Waals surface area contributed by atoms with Crippen molar-refractivity contribution in [2.75, 3.05) is 39.4 Å². The lowest BCUT2D eigenvalue weighted by Crippen LogP contribution is -2.53. The highest BCUT2D eigenvalue weighted by Gasteiger charge is 2.50. The van der Waals surface area contributed by atoms with E-state index in [1.807, 2.05) is 24.3 Å². The van der Waals surface area contributed by atoms with Gasteiger partial charge in [0.2, 0.25) is 0 Å². The Morgan fingerprint density at radius 3 is 2.27 bits per heavy atom. The molecule has 3 aliphatic rings. The predicted octanol–water partition coefficient (Wildman–Crippen LogP) is 1.68. The minimum absolute atomic E-state index is 0.0470. The van der Waals surface area contributed by atoms with Crippen LogP contribution in [0.3, 0.4) is 0 Å². The fraction of sp³-hybridized carbons (Fsp3) is 0.636. The monoisotopic (exact) mass is 418 g/mol. The van der Waals surface area contributed by atoms with Crippen molar-refractivity contribution in [2.24, 2.45) is 0 Å². The lowest BCUT2D eigenvalue weighted by Gasteiger charge is -2.35. The summed E-state index contributed by atoms with van der Waals surface area (Å²) in [4.78, 5) is 28.5. The first kappa shape index (κ1) is 21.2. The predicted molar refractivity (Wildman–Crippen MR) is 108 cm³/mol. The van der Waals surface area contributed by atoms with Crippen molar-refractivity contribution in [1.82, 2.24) is 9.80 Å². The number of ether oxygens (including phenoxy) is 3. The Hall–Kier alpha value is -2.00. The van der Waals surface area contributed by atoms with Crippen molar-refractivity contribution in [3.8, 4) is 0 Å². The van der Waals surface area contributed by atoms with E-state index in [-0.39, 0.29) is 17.9 Å². The summed E-state index contributed by atoms with van der Waals surface area (Å²) in [6.07, 6.45) is 2.72. The molecule has 0 bridgehead atoms. The van der Waals surface area contributed by atoms with Crippen LogP contribution in [0.5, 0.6) is 0 Å². The standard InChI is InChI=1S/C22H30N2O6/c1-2-3-18(30-21-28-14-15-29-21)16-4-6-17(7-5-16)19(25)23-10-12-24(13-11-23)20(26)22(27)8-9-22/h4-7,18,21,27H,2-3,8-15H2,1H3. The minimum atomic E-state index is -1.15. The number of hydrogen-bond acceptors (Lipinski definition) is 6. The van der Waals surface area contributed by atoms with Gasteiger partial charge in [0, 0.05) is 31.7 Å². The number of carbonyl (C=O) groups excluding carboxylic acids is 2. The average molecular weight is 418 g/mol. The third-order valence-corrected chi connectivity index (χ3v) is 5.92. The molecule has 3 fully saturated rings. The van der Waals surface area contributed by atoms with Crippen LogP contribution in [-0.2, 0) is 19.0 Å². The Bertz CT molecular complexity index is 749. The summed E-state index contributed by atoms with van der Waals surface area (Å²) in [6.45, 7) is 4.40. The van der Waals surface area contributed by atoms with E-state index in [9.17, 15) is 14.7 Å². The van der Waals surface area contributed by atoms with Crippen LogP contribution in [0.1, 0.15) is 54.6 Å². The zero-order valence-electron chi connectivity index (χ0n) is 17.4. The van der Waals surface area contributed by atoms with Gasteiger partial charge in [-0.15, -0.1) is 0 Å². The van der Waals surface area contributed by atoms with Crippen LogP contribution in [0.15, 0.2) is 24.3 Å². The van der Waals surface area contributed by atoms with Crippen LogP contribution in [0.2, 0.25) is 0 Å². The van der Waals surface area contributed by atoms with Crippen LogP contribution >= 0.6 is 0 Å². The third-order valence-electron chi connectivity index (χ3n) is 5.92. The normalized spacial score (nSPS) is 22.2. The largest absolute Gasteiger partial charge is 0.380 e. The summed E-state index contributed by atoms with van der Waals surface area (Å²) >= 11 is 0. The topological polar surface area (TPSA) is 88.5 Å². The van der Waals surface area contributed by atoms with Gasteiger partial charge < -0.3 is 29.1 Å². The van der Waals surface area contributed by atoms with Gasteiger partial charge in [-0.2, -0.15) is 0 Å². The van der Waals surface area contributed by atoms with Crippen molar-refractivity contribution < 1.29 is 28.9 Å². The molecule has 30 heavy (non-hydrogen) atoms. The van der Waals surface area contributed by atoms with Gasteiger partial charge in [-0.3, -0.25) is 9.59 Å². The van der Waals surface area contributed by atoms with E-state index < -0.39 is 12.1 Å². The van der Waals surface area contributed by atoms with E-state index in [0.29, 0.717) is 57.8 Å². The van der Waals surface area contributed by atoms with Crippen LogP contribution in [0.25, 0.3) is 0 Å². The minimum Gasteiger partial charge on any atom is -0.380 e. The number of rotatable bonds is 7. The lowest BCUT2D eigenvalue weighted by atomic mass is 10.0. The second kappa shape index (κ2) is 9.01. The molecule has 0 spiro atoms. The summed E-state index contributed by atoms with van der Waals surface area (Å²) in [5, 5.41) is 10.0. The van der Waals surface area contributed by atoms with Crippen molar-refractivity contribution >= 4 is 11.8 Å². The van der Waals surface area contributed by atoms with Gasteiger partial charge in [-0.25, -0.2) is 0 Å². The molecule has 1 atom stereocenters. The average Bonchev–Trinajstić information content (AvgIpc) is 3.32. The number of nitrogens with zero attached hydrogens (tertiary/aromatic N) is 2.